The Hall–Kier alpha value is -7.52. The number of aliphatic hydroxyl groups is 4. The maximum absolute atomic E-state index is 14.2. The fourth-order valence-electron chi connectivity index (χ4n) is 7.03. The third-order valence-electron chi connectivity index (χ3n) is 10.6. The molecule has 0 aliphatic carbocycles. The molecule has 2 aromatic carbocycles. The van der Waals surface area contributed by atoms with Gasteiger partial charge in [-0.25, -0.2) is 4.79 Å². The second kappa shape index (κ2) is 26.1. The van der Waals surface area contributed by atoms with Crippen molar-refractivity contribution in [3.63, 3.8) is 0 Å². The van der Waals surface area contributed by atoms with E-state index in [1.165, 1.54) is 13.1 Å². The number of aliphatic hydroxyl groups excluding tert-OH is 4. The zero-order chi connectivity index (χ0) is 50.8. The molecule has 374 valence electrons. The number of nitrogens with one attached hydrogen (secondary N) is 9. The molecule has 2 heterocycles. The van der Waals surface area contributed by atoms with E-state index < -0.39 is 134 Å². The smallest absolute Gasteiger partial charge is 0.328 e. The number of aromatic nitrogens is 2. The first-order chi connectivity index (χ1) is 32.8. The van der Waals surface area contributed by atoms with Crippen molar-refractivity contribution in [2.75, 3.05) is 19.7 Å². The highest BCUT2D eigenvalue weighted by molar-refractivity contribution is 5.96. The molecule has 26 heteroatoms. The molecule has 69 heavy (non-hydrogen) atoms. The van der Waals surface area contributed by atoms with Gasteiger partial charge in [0.25, 0.3) is 5.56 Å². The minimum atomic E-state index is -1.96. The van der Waals surface area contributed by atoms with Crippen molar-refractivity contribution in [1.82, 2.24) is 46.8 Å². The Labute approximate surface area is 392 Å². The Balaban J connectivity index is 1.52. The number of carbonyl (C=O) groups excluding carboxylic acids is 6. The van der Waals surface area contributed by atoms with Gasteiger partial charge in [0.2, 0.25) is 35.4 Å². The number of guanidine groups is 1. The number of nitrogens with two attached hydrogens (primary N) is 1. The molecule has 0 bridgehead atoms. The number of amides is 6. The highest BCUT2D eigenvalue weighted by Gasteiger charge is 2.45. The third kappa shape index (κ3) is 16.9. The molecule has 26 nitrogen and oxygen atoms in total. The van der Waals surface area contributed by atoms with E-state index in [1.807, 2.05) is 0 Å². The normalized spacial score (nSPS) is 19.3. The monoisotopic (exact) mass is 967 g/mol. The van der Waals surface area contributed by atoms with Crippen LogP contribution in [0.15, 0.2) is 76.4 Å². The summed E-state index contributed by atoms with van der Waals surface area (Å²) < 4.78 is 5.95. The van der Waals surface area contributed by atoms with Gasteiger partial charge >= 0.3 is 11.7 Å². The summed E-state index contributed by atoms with van der Waals surface area (Å²) in [5.41, 5.74) is 5.23. The van der Waals surface area contributed by atoms with Crippen molar-refractivity contribution >= 4 is 47.4 Å². The van der Waals surface area contributed by atoms with Crippen LogP contribution in [0.4, 0.5) is 0 Å². The minimum absolute atomic E-state index is 0.0599. The molecule has 1 fully saturated rings. The molecule has 0 unspecified atom stereocenters. The van der Waals surface area contributed by atoms with Gasteiger partial charge in [0.15, 0.2) is 12.2 Å². The highest BCUT2D eigenvalue weighted by Crippen LogP contribution is 2.20. The predicted octanol–water partition coefficient (Wildman–Crippen LogP) is -5.96. The van der Waals surface area contributed by atoms with E-state index in [0.717, 1.165) is 4.57 Å². The predicted molar refractivity (Wildman–Crippen MR) is 240 cm³/mol. The lowest BCUT2D eigenvalue weighted by Gasteiger charge is -2.40. The van der Waals surface area contributed by atoms with Crippen LogP contribution in [0.3, 0.4) is 0 Å². The van der Waals surface area contributed by atoms with Crippen LogP contribution in [0.1, 0.15) is 36.0 Å². The lowest BCUT2D eigenvalue weighted by molar-refractivity contribution is -0.254. The summed E-state index contributed by atoms with van der Waals surface area (Å²) in [5, 5.41) is 74.1. The summed E-state index contributed by atoms with van der Waals surface area (Å²) in [7, 11) is 0. The molecule has 3 aromatic rings. The Morgan fingerprint density at radius 3 is 1.90 bits per heavy atom. The second-order valence-corrected chi connectivity index (χ2v) is 16.0. The molecule has 6 amide bonds. The van der Waals surface area contributed by atoms with Crippen molar-refractivity contribution < 1.29 is 63.8 Å². The van der Waals surface area contributed by atoms with Crippen LogP contribution >= 0.6 is 0 Å². The van der Waals surface area contributed by atoms with E-state index >= 15 is 0 Å². The fraction of sp³-hybridized carbons (Fsp3) is 0.442. The SMILES string of the molecule is Cc1cn(CC(=O)N[C@@H](Cc2ccccc2)C(=O)N[C@@H](Cc2ccccc2)C(=O)N[C@@H](CCCNC(=N)N)C(=O)NCC(=O)N[C@@H](CC(=O)O)C(=O)N[C@@H]2[C@@H](O)[C@H](O)[C@@H](CO)O[C@H]2O)c(=O)[nH]c1=O. The molecule has 0 radical (unpaired) electrons. The quantitative estimate of drug-likeness (QED) is 0.0226. The second-order valence-electron chi connectivity index (χ2n) is 16.0. The molecule has 0 saturated carbocycles. The van der Waals surface area contributed by atoms with Gasteiger partial charge in [-0.05, 0) is 30.9 Å². The summed E-state index contributed by atoms with van der Waals surface area (Å²) >= 11 is 0. The first-order valence-corrected chi connectivity index (χ1v) is 21.5. The molecule has 1 aromatic heterocycles. The molecule has 0 spiro atoms. The molecule has 1 aliphatic heterocycles. The van der Waals surface area contributed by atoms with Crippen molar-refractivity contribution in [3.8, 4) is 0 Å². The van der Waals surface area contributed by atoms with Crippen molar-refractivity contribution in [2.45, 2.75) is 100 Å². The number of carbonyl (C=O) groups is 7. The Morgan fingerprint density at radius 2 is 1.33 bits per heavy atom. The summed E-state index contributed by atoms with van der Waals surface area (Å²) in [4.78, 5) is 120. The summed E-state index contributed by atoms with van der Waals surface area (Å²) in [5.74, 6) is -7.74. The molecule has 9 atom stereocenters. The third-order valence-corrected chi connectivity index (χ3v) is 10.6. The highest BCUT2D eigenvalue weighted by atomic mass is 16.6. The number of benzene rings is 2. The molecule has 1 aliphatic rings. The van der Waals surface area contributed by atoms with Gasteiger partial charge in [0.05, 0.1) is 19.6 Å². The van der Waals surface area contributed by atoms with Crippen LogP contribution < -0.4 is 54.2 Å². The topological polar surface area (TPSA) is 419 Å². The maximum atomic E-state index is 14.2. The number of aromatic amines is 1. The van der Waals surface area contributed by atoms with Gasteiger partial charge in [-0.15, -0.1) is 0 Å². The zero-order valence-corrected chi connectivity index (χ0v) is 37.3. The van der Waals surface area contributed by atoms with Crippen molar-refractivity contribution in [3.05, 3.63) is 104 Å². The lowest BCUT2D eigenvalue weighted by atomic mass is 9.96. The fourth-order valence-corrected chi connectivity index (χ4v) is 7.03. The van der Waals surface area contributed by atoms with Gasteiger partial charge < -0.3 is 73.2 Å². The average molecular weight is 968 g/mol. The number of carboxylic acid groups (broad SMARTS) is 1. The molecule has 16 N–H and O–H groups in total. The van der Waals surface area contributed by atoms with Crippen LogP contribution in [0.2, 0.25) is 0 Å². The average Bonchev–Trinajstić information content (AvgIpc) is 3.30. The number of carboxylic acids is 1. The van der Waals surface area contributed by atoms with Crippen LogP contribution in [0.25, 0.3) is 0 Å². The van der Waals surface area contributed by atoms with Gasteiger partial charge in [-0.2, -0.15) is 0 Å². The van der Waals surface area contributed by atoms with Gasteiger partial charge in [-0.1, -0.05) is 60.7 Å². The van der Waals surface area contributed by atoms with Crippen LogP contribution in [-0.4, -0.2) is 157 Å². The number of nitrogens with zero attached hydrogens (tertiary/aromatic N) is 1. The van der Waals surface area contributed by atoms with Crippen LogP contribution in [0.5, 0.6) is 0 Å². The van der Waals surface area contributed by atoms with E-state index in [0.29, 0.717) is 11.1 Å². The van der Waals surface area contributed by atoms with E-state index in [2.05, 4.69) is 42.2 Å². The lowest BCUT2D eigenvalue weighted by Crippen LogP contribution is -2.66. The molecule has 1 saturated heterocycles. The largest absolute Gasteiger partial charge is 0.481 e. The first-order valence-electron chi connectivity index (χ1n) is 21.5. The van der Waals surface area contributed by atoms with Crippen LogP contribution in [-0.2, 0) is 57.7 Å². The number of rotatable bonds is 24. The maximum Gasteiger partial charge on any atom is 0.328 e. The van der Waals surface area contributed by atoms with Crippen LogP contribution in [0, 0.1) is 12.3 Å². The van der Waals surface area contributed by atoms with E-state index in [9.17, 15) is 68.7 Å². The number of ether oxygens (including phenoxy) is 1. The Morgan fingerprint density at radius 1 is 0.768 bits per heavy atom. The molecular formula is C43H57N11O15. The van der Waals surface area contributed by atoms with E-state index in [1.54, 1.807) is 60.7 Å². The summed E-state index contributed by atoms with van der Waals surface area (Å²) in [6.07, 6.45) is -7.09. The standard InChI is InChI=1S/C43H57N11O15/c1-22-19-54(43(68)53-36(22)62)20-31(57)49-26(15-23-9-4-2-5-10-23)38(64)51-27(16-24-11-6-3-7-12-24)39(65)50-25(13-8-14-46-42(44)45)37(63)47-18-30(56)48-28(17-32(58)59)40(66)52-33-35(61)34(60)29(21-55)69-41(33)67/h2-7,9-12,19,25-29,33-35,41,55,60-61,67H,8,13-18,20-21H2,1H3,(H,47,63)(H,48,56)(H,49,57)(H,50,65)(H,51,64)(H,52,66)(H,58,59)(H4,44,45,46)(H,53,62,68)/t25-,26-,27-,28-,29+,33+,34+,35+,41+/m0/s1. The number of aryl methyl sites for hydroxylation is 1. The Bertz CT molecular complexity index is 2400. The summed E-state index contributed by atoms with van der Waals surface area (Å²) in [6, 6.07) is 9.25. The van der Waals surface area contributed by atoms with Gasteiger partial charge in [0.1, 0.15) is 55.1 Å². The number of H-pyrrole nitrogens is 1. The molecular weight excluding hydrogens is 911 g/mol. The molecule has 4 rings (SSSR count). The minimum Gasteiger partial charge on any atom is -0.481 e. The first kappa shape index (κ1) is 54.1. The number of aliphatic carboxylic acids is 1. The van der Waals surface area contributed by atoms with Gasteiger partial charge in [-0.3, -0.25) is 53.3 Å². The number of hydrogen-bond donors (Lipinski definition) is 15. The van der Waals surface area contributed by atoms with Gasteiger partial charge in [0, 0.05) is 31.1 Å². The number of hydrogen-bond acceptors (Lipinski definition) is 15. The van der Waals surface area contributed by atoms with E-state index in [-0.39, 0.29) is 43.8 Å². The zero-order valence-electron chi connectivity index (χ0n) is 37.3. The van der Waals surface area contributed by atoms with Crippen molar-refractivity contribution in [2.24, 2.45) is 5.73 Å². The Kier molecular flexibility index (Phi) is 20.5. The van der Waals surface area contributed by atoms with Crippen molar-refractivity contribution in [1.29, 1.82) is 5.41 Å². The summed E-state index contributed by atoms with van der Waals surface area (Å²) in [6.45, 7) is -0.762. The van der Waals surface area contributed by atoms with E-state index in [4.69, 9.17) is 15.9 Å².